The Kier molecular flexibility index (Phi) is 4.85. The highest BCUT2D eigenvalue weighted by atomic mass is 16.6. The van der Waals surface area contributed by atoms with Crippen LogP contribution in [0, 0.1) is 0 Å². The van der Waals surface area contributed by atoms with Crippen LogP contribution < -0.4 is 0 Å². The van der Waals surface area contributed by atoms with Crippen LogP contribution in [0.1, 0.15) is 19.8 Å². The number of Topliss-reactive ketones (excluding diaryl/α,β-unsaturated/α-hetero) is 1. The highest BCUT2D eigenvalue weighted by molar-refractivity contribution is 6.37. The number of hydrogen-bond acceptors (Lipinski definition) is 6. The first-order valence-electron chi connectivity index (χ1n) is 5.27. The third-order valence-corrected chi connectivity index (χ3v) is 2.36. The molecule has 3 atom stereocenters. The molecule has 6 nitrogen and oxygen atoms in total. The van der Waals surface area contributed by atoms with Gasteiger partial charge in [-0.3, -0.25) is 4.79 Å². The number of esters is 1. The number of carbonyl (C=O) groups excluding carboxylic acids is 2. The molecule has 1 aliphatic rings. The lowest BCUT2D eigenvalue weighted by atomic mass is 10.1. The Balaban J connectivity index is 2.60. The monoisotopic (exact) mass is 232 g/mol. The Morgan fingerprint density at radius 3 is 2.75 bits per heavy atom. The van der Waals surface area contributed by atoms with E-state index >= 15 is 0 Å². The molecule has 6 heteroatoms. The van der Waals surface area contributed by atoms with Gasteiger partial charge < -0.3 is 19.7 Å². The van der Waals surface area contributed by atoms with Gasteiger partial charge in [0.1, 0.15) is 6.10 Å². The third-order valence-electron chi connectivity index (χ3n) is 2.36. The summed E-state index contributed by atoms with van der Waals surface area (Å²) < 4.78 is 9.84. The summed E-state index contributed by atoms with van der Waals surface area (Å²) in [7, 11) is 0. The van der Waals surface area contributed by atoms with Gasteiger partial charge in [-0.15, -0.1) is 0 Å². The lowest BCUT2D eigenvalue weighted by molar-refractivity contribution is -0.152. The molecule has 0 bridgehead atoms. The van der Waals surface area contributed by atoms with Crippen LogP contribution >= 0.6 is 0 Å². The lowest BCUT2D eigenvalue weighted by Gasteiger charge is -2.20. The molecule has 1 fully saturated rings. The molecule has 1 aliphatic heterocycles. The molecule has 0 aromatic heterocycles. The van der Waals surface area contributed by atoms with Gasteiger partial charge in [0.2, 0.25) is 0 Å². The molecular weight excluding hydrogens is 216 g/mol. The highest BCUT2D eigenvalue weighted by Crippen LogP contribution is 2.19. The zero-order chi connectivity index (χ0) is 12.1. The Bertz CT molecular complexity index is 264. The van der Waals surface area contributed by atoms with E-state index in [9.17, 15) is 14.7 Å². The number of aliphatic hydroxyl groups is 2. The summed E-state index contributed by atoms with van der Waals surface area (Å²) in [5.74, 6) is -1.81. The predicted molar refractivity (Wildman–Crippen MR) is 52.6 cm³/mol. The van der Waals surface area contributed by atoms with Gasteiger partial charge in [-0.2, -0.15) is 0 Å². The Morgan fingerprint density at radius 2 is 2.19 bits per heavy atom. The van der Waals surface area contributed by atoms with Crippen molar-refractivity contribution in [2.75, 3.05) is 13.2 Å². The molecule has 1 unspecified atom stereocenters. The van der Waals surface area contributed by atoms with Gasteiger partial charge in [0.05, 0.1) is 6.61 Å². The summed E-state index contributed by atoms with van der Waals surface area (Å²) in [4.78, 5) is 22.3. The molecule has 0 aliphatic carbocycles. The number of ketones is 1. The second kappa shape index (κ2) is 5.93. The smallest absolute Gasteiger partial charge is 0.378 e. The Hall–Kier alpha value is -0.980. The van der Waals surface area contributed by atoms with Gasteiger partial charge in [-0.1, -0.05) is 13.3 Å². The van der Waals surface area contributed by atoms with Gasteiger partial charge in [0.15, 0.2) is 12.2 Å². The van der Waals surface area contributed by atoms with Gasteiger partial charge in [-0.05, 0) is 6.42 Å². The zero-order valence-electron chi connectivity index (χ0n) is 9.09. The van der Waals surface area contributed by atoms with Gasteiger partial charge in [0, 0.05) is 6.61 Å². The van der Waals surface area contributed by atoms with Crippen LogP contribution in [-0.4, -0.2) is 53.5 Å². The van der Waals surface area contributed by atoms with Crippen molar-refractivity contribution < 1.29 is 29.3 Å². The van der Waals surface area contributed by atoms with E-state index in [1.807, 2.05) is 6.92 Å². The summed E-state index contributed by atoms with van der Waals surface area (Å²) >= 11 is 0. The largest absolute Gasteiger partial charge is 0.450 e. The van der Waals surface area contributed by atoms with E-state index in [2.05, 4.69) is 4.74 Å². The number of aliphatic hydroxyl groups excluding tert-OH is 2. The number of ether oxygens (including phenoxy) is 2. The summed E-state index contributed by atoms with van der Waals surface area (Å²) in [6.07, 6.45) is -1.84. The number of cyclic esters (lactones) is 1. The number of rotatable bonds is 6. The van der Waals surface area contributed by atoms with Crippen molar-refractivity contribution in [3.8, 4) is 0 Å². The van der Waals surface area contributed by atoms with E-state index in [4.69, 9.17) is 9.84 Å². The van der Waals surface area contributed by atoms with E-state index in [0.29, 0.717) is 6.61 Å². The maximum atomic E-state index is 11.3. The maximum absolute atomic E-state index is 11.3. The first-order valence-corrected chi connectivity index (χ1v) is 5.27. The first kappa shape index (κ1) is 13.1. The summed E-state index contributed by atoms with van der Waals surface area (Å²) in [5.41, 5.74) is 0. The molecule has 1 saturated heterocycles. The van der Waals surface area contributed by atoms with Crippen molar-refractivity contribution in [2.24, 2.45) is 0 Å². The van der Waals surface area contributed by atoms with Gasteiger partial charge >= 0.3 is 5.97 Å². The van der Waals surface area contributed by atoms with E-state index in [0.717, 1.165) is 12.8 Å². The van der Waals surface area contributed by atoms with E-state index in [-0.39, 0.29) is 0 Å². The van der Waals surface area contributed by atoms with Crippen LogP contribution in [0.5, 0.6) is 0 Å². The van der Waals surface area contributed by atoms with E-state index in [1.165, 1.54) is 0 Å². The number of carbonyl (C=O) groups is 2. The summed E-state index contributed by atoms with van der Waals surface area (Å²) in [5, 5.41) is 18.1. The predicted octanol–water partition coefficient (Wildman–Crippen LogP) is -0.981. The number of unbranched alkanes of at least 4 members (excludes halogenated alkanes) is 1. The molecule has 2 N–H and O–H groups in total. The molecule has 16 heavy (non-hydrogen) atoms. The van der Waals surface area contributed by atoms with Crippen molar-refractivity contribution in [2.45, 2.75) is 38.1 Å². The third kappa shape index (κ3) is 2.78. The highest BCUT2D eigenvalue weighted by Gasteiger charge is 2.47. The second-order valence-electron chi connectivity index (χ2n) is 3.63. The molecule has 0 radical (unpaired) electrons. The van der Waals surface area contributed by atoms with Crippen molar-refractivity contribution in [1.29, 1.82) is 0 Å². The van der Waals surface area contributed by atoms with Crippen LogP contribution in [0.3, 0.4) is 0 Å². The van der Waals surface area contributed by atoms with Crippen molar-refractivity contribution in [1.82, 2.24) is 0 Å². The molecule has 0 aromatic rings. The van der Waals surface area contributed by atoms with Crippen molar-refractivity contribution >= 4 is 11.8 Å². The van der Waals surface area contributed by atoms with Crippen LogP contribution in [-0.2, 0) is 19.1 Å². The molecule has 1 rings (SSSR count). The van der Waals surface area contributed by atoms with Crippen LogP contribution in [0.2, 0.25) is 0 Å². The molecular formula is C10H16O6. The van der Waals surface area contributed by atoms with Gasteiger partial charge in [-0.25, -0.2) is 4.79 Å². The van der Waals surface area contributed by atoms with E-state index in [1.54, 1.807) is 0 Å². The first-order chi connectivity index (χ1) is 7.61. The van der Waals surface area contributed by atoms with Gasteiger partial charge in [0.25, 0.3) is 5.78 Å². The topological polar surface area (TPSA) is 93.1 Å². The summed E-state index contributed by atoms with van der Waals surface area (Å²) in [6.45, 7) is 1.69. The maximum Gasteiger partial charge on any atom is 0.378 e. The van der Waals surface area contributed by atoms with Crippen LogP contribution in [0.25, 0.3) is 0 Å². The molecule has 0 saturated carbocycles. The lowest BCUT2D eigenvalue weighted by Crippen LogP contribution is -2.41. The van der Waals surface area contributed by atoms with Crippen molar-refractivity contribution in [3.05, 3.63) is 0 Å². The standard InChI is InChI=1S/C10H16O6/c1-2-3-4-15-9-7(13)10(14)16-8(9)6(12)5-11/h6,8-9,11-12H,2-5H2,1H3/t6-,8+,9?/m0/s1. The fourth-order valence-corrected chi connectivity index (χ4v) is 1.42. The SMILES string of the molecule is CCCCOC1C(=O)C(=O)O[C@@H]1[C@@H](O)CO. The minimum absolute atomic E-state index is 0.318. The zero-order valence-corrected chi connectivity index (χ0v) is 9.09. The minimum atomic E-state index is -1.29. The Labute approximate surface area is 93.2 Å². The average Bonchev–Trinajstić information content (AvgIpc) is 2.56. The number of hydrogen-bond donors (Lipinski definition) is 2. The Morgan fingerprint density at radius 1 is 1.50 bits per heavy atom. The molecule has 0 spiro atoms. The summed E-state index contributed by atoms with van der Waals surface area (Å²) in [6, 6.07) is 0. The molecule has 1 heterocycles. The second-order valence-corrected chi connectivity index (χ2v) is 3.63. The van der Waals surface area contributed by atoms with Crippen molar-refractivity contribution in [3.63, 3.8) is 0 Å². The fourth-order valence-electron chi connectivity index (χ4n) is 1.42. The molecule has 0 amide bonds. The molecule has 92 valence electrons. The fraction of sp³-hybridized carbons (Fsp3) is 0.800. The molecule has 0 aromatic carbocycles. The minimum Gasteiger partial charge on any atom is -0.450 e. The van der Waals surface area contributed by atoms with Crippen LogP contribution in [0.4, 0.5) is 0 Å². The van der Waals surface area contributed by atoms with E-state index < -0.39 is 36.7 Å². The average molecular weight is 232 g/mol. The quantitative estimate of drug-likeness (QED) is 0.347. The van der Waals surface area contributed by atoms with Crippen LogP contribution in [0.15, 0.2) is 0 Å². The normalized spacial score (nSPS) is 26.9.